The summed E-state index contributed by atoms with van der Waals surface area (Å²) in [5.41, 5.74) is 9.09. The molecule has 1 aromatic carbocycles. The molecular weight excluding hydrogens is 536 g/mol. The first-order chi connectivity index (χ1) is 19.8. The molecular formula is C30H42N8O4. The average Bonchev–Trinajstić information content (AvgIpc) is 3.60. The van der Waals surface area contributed by atoms with Crippen LogP contribution in [0.25, 0.3) is 22.2 Å². The first kappa shape index (κ1) is 28.9. The van der Waals surface area contributed by atoms with Crippen molar-refractivity contribution in [3.63, 3.8) is 0 Å². The van der Waals surface area contributed by atoms with Gasteiger partial charge in [0.1, 0.15) is 41.7 Å². The number of aromatic amines is 1. The van der Waals surface area contributed by atoms with Gasteiger partial charge in [-0.1, -0.05) is 26.8 Å². The second kappa shape index (κ2) is 10.5. The number of H-pyrrole nitrogens is 1. The number of nitrogens with two attached hydrogens (primary N) is 1. The quantitative estimate of drug-likeness (QED) is 0.196. The van der Waals surface area contributed by atoms with Crippen molar-refractivity contribution in [3.8, 4) is 0 Å². The lowest BCUT2D eigenvalue weighted by molar-refractivity contribution is -0.212. The summed E-state index contributed by atoms with van der Waals surface area (Å²) in [4.78, 5) is 22.7. The van der Waals surface area contributed by atoms with Crippen molar-refractivity contribution in [3.05, 3.63) is 42.2 Å². The van der Waals surface area contributed by atoms with Crippen LogP contribution in [0.15, 0.2) is 30.9 Å². The minimum absolute atomic E-state index is 0.00283. The molecule has 1 saturated heterocycles. The summed E-state index contributed by atoms with van der Waals surface area (Å²) in [6, 6.07) is 6.42. The van der Waals surface area contributed by atoms with Gasteiger partial charge < -0.3 is 30.8 Å². The van der Waals surface area contributed by atoms with Crippen molar-refractivity contribution in [2.75, 3.05) is 12.3 Å². The Morgan fingerprint density at radius 3 is 2.64 bits per heavy atom. The van der Waals surface area contributed by atoms with Crippen LogP contribution in [0.1, 0.15) is 71.5 Å². The number of aliphatic hydroxyl groups is 3. The van der Waals surface area contributed by atoms with E-state index in [0.29, 0.717) is 29.9 Å². The molecule has 12 nitrogen and oxygen atoms in total. The molecule has 0 unspecified atom stereocenters. The molecule has 4 heterocycles. The zero-order valence-corrected chi connectivity index (χ0v) is 24.9. The van der Waals surface area contributed by atoms with Gasteiger partial charge in [0.25, 0.3) is 0 Å². The molecule has 0 amide bonds. The standard InChI is InChI=1S/C30H42N8O4/c1-16(2)38(13-21-24(39)25(40)28(42-21)37-15-34-23-26(31)32-14-33-27(23)37)30(41)11-17(12-30)6-9-22-35-19-8-7-18(29(3,4)5)10-20(19)36-22/h7-8,10,14-17,21,24-25,28,39-41H,6,9,11-13H2,1-5H3,(H,35,36)(H2,31,32,33)/t17-,21-,24-,25-,28-,30-/m1/s1. The van der Waals surface area contributed by atoms with Crippen LogP contribution < -0.4 is 5.73 Å². The number of aromatic nitrogens is 6. The summed E-state index contributed by atoms with van der Waals surface area (Å²) in [5, 5.41) is 33.5. The predicted molar refractivity (Wildman–Crippen MR) is 158 cm³/mol. The molecule has 4 aromatic rings. The lowest BCUT2D eigenvalue weighted by Gasteiger charge is -2.53. The molecule has 0 bridgehead atoms. The van der Waals surface area contributed by atoms with Gasteiger partial charge in [-0.15, -0.1) is 0 Å². The van der Waals surface area contributed by atoms with Crippen LogP contribution in [-0.4, -0.2) is 86.3 Å². The number of aliphatic hydroxyl groups excluding tert-OH is 2. The molecule has 42 heavy (non-hydrogen) atoms. The Kier molecular flexibility index (Phi) is 7.25. The number of imidazole rings is 2. The van der Waals surface area contributed by atoms with Crippen molar-refractivity contribution in [1.82, 2.24) is 34.4 Å². The number of benzene rings is 1. The summed E-state index contributed by atoms with van der Waals surface area (Å²) in [6.07, 6.45) is 1.80. The number of hydrogen-bond acceptors (Lipinski definition) is 10. The number of rotatable bonds is 8. The molecule has 3 aromatic heterocycles. The Bertz CT molecular complexity index is 1570. The van der Waals surface area contributed by atoms with Gasteiger partial charge in [0.05, 0.1) is 17.4 Å². The summed E-state index contributed by atoms with van der Waals surface area (Å²) >= 11 is 0. The number of nitrogens with one attached hydrogen (secondary N) is 1. The Labute approximate surface area is 245 Å². The molecule has 12 heteroatoms. The molecule has 4 atom stereocenters. The van der Waals surface area contributed by atoms with Crippen molar-refractivity contribution >= 4 is 28.0 Å². The van der Waals surface area contributed by atoms with Gasteiger partial charge in [0.15, 0.2) is 17.7 Å². The summed E-state index contributed by atoms with van der Waals surface area (Å²) < 4.78 is 7.74. The normalized spacial score (nSPS) is 28.4. The fourth-order valence-electron chi connectivity index (χ4n) is 6.51. The van der Waals surface area contributed by atoms with E-state index in [4.69, 9.17) is 15.5 Å². The largest absolute Gasteiger partial charge is 0.387 e. The van der Waals surface area contributed by atoms with Gasteiger partial charge in [-0.25, -0.2) is 19.9 Å². The maximum absolute atomic E-state index is 11.6. The van der Waals surface area contributed by atoms with Gasteiger partial charge in [-0.2, -0.15) is 0 Å². The SMILES string of the molecule is CC(C)N(C[C@H]1O[C@@H](n2cnc3c(N)ncnc32)[C@H](O)[C@@H]1O)[C@]1(O)C[C@H](CCc2nc3cc(C(C)(C)C)ccc3[nH]2)C1. The van der Waals surface area contributed by atoms with Crippen LogP contribution in [0.2, 0.25) is 0 Å². The third-order valence-electron chi connectivity index (χ3n) is 8.95. The lowest BCUT2D eigenvalue weighted by Crippen LogP contribution is -2.62. The van der Waals surface area contributed by atoms with E-state index in [1.165, 1.54) is 18.2 Å². The Balaban J connectivity index is 1.09. The van der Waals surface area contributed by atoms with E-state index < -0.39 is 30.3 Å². The number of ether oxygens (including phenoxy) is 1. The minimum atomic E-state index is -1.20. The first-order valence-electron chi connectivity index (χ1n) is 14.8. The number of nitrogens with zero attached hydrogens (tertiary/aromatic N) is 6. The van der Waals surface area contributed by atoms with Crippen LogP contribution >= 0.6 is 0 Å². The Hall–Kier alpha value is -3.16. The molecule has 2 aliphatic rings. The number of hydrogen-bond donors (Lipinski definition) is 5. The third kappa shape index (κ3) is 5.15. The molecule has 0 radical (unpaired) electrons. The zero-order chi connectivity index (χ0) is 30.0. The van der Waals surface area contributed by atoms with Gasteiger partial charge in [-0.05, 0) is 62.1 Å². The maximum atomic E-state index is 11.6. The van der Waals surface area contributed by atoms with Gasteiger partial charge in [0.2, 0.25) is 0 Å². The second-order valence-corrected chi connectivity index (χ2v) is 13.3. The number of fused-ring (bicyclic) bond motifs is 2. The monoisotopic (exact) mass is 578 g/mol. The van der Waals surface area contributed by atoms with Gasteiger partial charge >= 0.3 is 0 Å². The summed E-state index contributed by atoms with van der Waals surface area (Å²) in [7, 11) is 0. The molecule has 6 N–H and O–H groups in total. The highest BCUT2D eigenvalue weighted by Gasteiger charge is 2.51. The lowest BCUT2D eigenvalue weighted by atomic mass is 9.72. The molecule has 1 aliphatic heterocycles. The summed E-state index contributed by atoms with van der Waals surface area (Å²) in [6.45, 7) is 10.9. The highest BCUT2D eigenvalue weighted by atomic mass is 16.6. The van der Waals surface area contributed by atoms with E-state index in [9.17, 15) is 15.3 Å². The van der Waals surface area contributed by atoms with Crippen molar-refractivity contribution in [1.29, 1.82) is 0 Å². The van der Waals surface area contributed by atoms with Crippen LogP contribution in [0.3, 0.4) is 0 Å². The third-order valence-corrected chi connectivity index (χ3v) is 8.95. The first-order valence-corrected chi connectivity index (χ1v) is 14.8. The Morgan fingerprint density at radius 2 is 1.93 bits per heavy atom. The maximum Gasteiger partial charge on any atom is 0.167 e. The van der Waals surface area contributed by atoms with Crippen LogP contribution in [0.5, 0.6) is 0 Å². The van der Waals surface area contributed by atoms with E-state index in [0.717, 1.165) is 29.7 Å². The van der Waals surface area contributed by atoms with Crippen LogP contribution in [-0.2, 0) is 16.6 Å². The minimum Gasteiger partial charge on any atom is -0.387 e. The topological polar surface area (TPSA) is 171 Å². The average molecular weight is 579 g/mol. The molecule has 6 rings (SSSR count). The van der Waals surface area contributed by atoms with Gasteiger partial charge in [0, 0.05) is 19.0 Å². The van der Waals surface area contributed by atoms with Crippen LogP contribution in [0, 0.1) is 5.92 Å². The molecule has 1 aliphatic carbocycles. The Morgan fingerprint density at radius 1 is 1.17 bits per heavy atom. The van der Waals surface area contributed by atoms with E-state index in [1.54, 1.807) is 4.57 Å². The predicted octanol–water partition coefficient (Wildman–Crippen LogP) is 2.64. The van der Waals surface area contributed by atoms with Crippen molar-refractivity contribution < 1.29 is 20.1 Å². The smallest absolute Gasteiger partial charge is 0.167 e. The molecule has 226 valence electrons. The molecule has 1 saturated carbocycles. The number of anilines is 1. The number of nitrogen functional groups attached to an aromatic ring is 1. The van der Waals surface area contributed by atoms with Gasteiger partial charge in [-0.3, -0.25) is 9.47 Å². The zero-order valence-electron chi connectivity index (χ0n) is 24.9. The van der Waals surface area contributed by atoms with Crippen molar-refractivity contribution in [2.24, 2.45) is 5.92 Å². The van der Waals surface area contributed by atoms with E-state index >= 15 is 0 Å². The fourth-order valence-corrected chi connectivity index (χ4v) is 6.51. The molecule has 2 fully saturated rings. The fraction of sp³-hybridized carbons (Fsp3) is 0.600. The highest BCUT2D eigenvalue weighted by Crippen LogP contribution is 2.44. The van der Waals surface area contributed by atoms with E-state index in [1.807, 2.05) is 18.7 Å². The van der Waals surface area contributed by atoms with Crippen molar-refractivity contribution in [2.45, 2.75) is 102 Å². The second-order valence-electron chi connectivity index (χ2n) is 13.3. The molecule has 0 spiro atoms. The highest BCUT2D eigenvalue weighted by molar-refractivity contribution is 5.81. The van der Waals surface area contributed by atoms with Crippen LogP contribution in [0.4, 0.5) is 5.82 Å². The van der Waals surface area contributed by atoms with E-state index in [-0.39, 0.29) is 23.8 Å². The summed E-state index contributed by atoms with van der Waals surface area (Å²) in [5.74, 6) is 1.55. The number of aryl methyl sites for hydroxylation is 1. The van der Waals surface area contributed by atoms with E-state index in [2.05, 4.69) is 58.9 Å².